The highest BCUT2D eigenvalue weighted by Crippen LogP contribution is 2.39. The number of nitrogens with zero attached hydrogens (tertiary/aromatic N) is 2. The number of aromatic nitrogens is 2. The smallest absolute Gasteiger partial charge is 0.243 e. The molecule has 2 saturated carbocycles. The molecule has 4 nitrogen and oxygen atoms in total. The van der Waals surface area contributed by atoms with Gasteiger partial charge in [0.25, 0.3) is 0 Å². The van der Waals surface area contributed by atoms with Crippen LogP contribution < -0.4 is 5.32 Å². The summed E-state index contributed by atoms with van der Waals surface area (Å²) in [7, 11) is 0. The monoisotopic (exact) mass is 275 g/mol. The van der Waals surface area contributed by atoms with Gasteiger partial charge in [-0.3, -0.25) is 0 Å². The summed E-state index contributed by atoms with van der Waals surface area (Å²) in [4.78, 5) is 4.73. The van der Waals surface area contributed by atoms with Crippen molar-refractivity contribution in [3.63, 3.8) is 0 Å². The van der Waals surface area contributed by atoms with Crippen LogP contribution in [-0.2, 0) is 0 Å². The number of rotatable bonds is 2. The van der Waals surface area contributed by atoms with Gasteiger partial charge in [0.15, 0.2) is 5.82 Å². The van der Waals surface area contributed by atoms with E-state index < -0.39 is 0 Å². The van der Waals surface area contributed by atoms with Crippen LogP contribution in [0.25, 0.3) is 0 Å². The van der Waals surface area contributed by atoms with Crippen LogP contribution in [0.1, 0.15) is 87.9 Å². The molecule has 1 aliphatic heterocycles. The van der Waals surface area contributed by atoms with Crippen molar-refractivity contribution in [3.8, 4) is 0 Å². The van der Waals surface area contributed by atoms with Crippen molar-refractivity contribution in [2.24, 2.45) is 5.92 Å². The number of hydrogen-bond acceptors (Lipinski definition) is 4. The van der Waals surface area contributed by atoms with Gasteiger partial charge in [0.1, 0.15) is 0 Å². The molecule has 1 aromatic rings. The second-order valence-electron chi connectivity index (χ2n) is 6.93. The van der Waals surface area contributed by atoms with Gasteiger partial charge in [-0.25, -0.2) is 0 Å². The zero-order chi connectivity index (χ0) is 13.4. The molecule has 0 radical (unpaired) electrons. The Balaban J connectivity index is 1.45. The van der Waals surface area contributed by atoms with Crippen molar-refractivity contribution in [3.05, 3.63) is 11.7 Å². The Bertz CT molecular complexity index is 438. The number of nitrogens with one attached hydrogen (secondary N) is 1. The van der Waals surface area contributed by atoms with Gasteiger partial charge in [0.2, 0.25) is 5.89 Å². The zero-order valence-corrected chi connectivity index (χ0v) is 12.2. The first-order valence-electron chi connectivity index (χ1n) is 8.50. The van der Waals surface area contributed by atoms with E-state index in [0.29, 0.717) is 18.0 Å². The first-order chi connectivity index (χ1) is 9.90. The van der Waals surface area contributed by atoms with E-state index in [1.807, 2.05) is 0 Å². The lowest BCUT2D eigenvalue weighted by molar-refractivity contribution is 0.323. The van der Waals surface area contributed by atoms with Crippen LogP contribution in [0.3, 0.4) is 0 Å². The third-order valence-corrected chi connectivity index (χ3v) is 5.59. The largest absolute Gasteiger partial charge is 0.338 e. The molecule has 3 fully saturated rings. The maximum absolute atomic E-state index is 5.58. The Morgan fingerprint density at radius 3 is 2.60 bits per heavy atom. The minimum Gasteiger partial charge on any atom is -0.338 e. The van der Waals surface area contributed by atoms with Crippen LogP contribution in [0.4, 0.5) is 0 Å². The molecule has 20 heavy (non-hydrogen) atoms. The van der Waals surface area contributed by atoms with Crippen LogP contribution >= 0.6 is 0 Å². The molecule has 110 valence electrons. The zero-order valence-electron chi connectivity index (χ0n) is 12.2. The molecule has 2 heterocycles. The molecule has 0 bridgehead atoms. The van der Waals surface area contributed by atoms with Gasteiger partial charge in [-0.05, 0) is 38.0 Å². The van der Waals surface area contributed by atoms with Crippen molar-refractivity contribution in [2.75, 3.05) is 0 Å². The van der Waals surface area contributed by atoms with E-state index in [9.17, 15) is 0 Å². The molecule has 3 atom stereocenters. The van der Waals surface area contributed by atoms with Gasteiger partial charge in [0.05, 0.1) is 6.04 Å². The highest BCUT2D eigenvalue weighted by molar-refractivity contribution is 5.04. The van der Waals surface area contributed by atoms with Gasteiger partial charge in [-0.2, -0.15) is 4.98 Å². The van der Waals surface area contributed by atoms with E-state index in [-0.39, 0.29) is 0 Å². The molecule has 1 N–H and O–H groups in total. The second-order valence-corrected chi connectivity index (χ2v) is 6.93. The highest BCUT2D eigenvalue weighted by atomic mass is 16.5. The van der Waals surface area contributed by atoms with Gasteiger partial charge >= 0.3 is 0 Å². The van der Waals surface area contributed by atoms with Crippen molar-refractivity contribution in [1.82, 2.24) is 15.5 Å². The van der Waals surface area contributed by atoms with Crippen molar-refractivity contribution in [1.29, 1.82) is 0 Å². The van der Waals surface area contributed by atoms with E-state index in [1.54, 1.807) is 0 Å². The maximum atomic E-state index is 5.58. The van der Waals surface area contributed by atoms with E-state index in [2.05, 4.69) is 10.5 Å². The van der Waals surface area contributed by atoms with E-state index in [0.717, 1.165) is 17.6 Å². The van der Waals surface area contributed by atoms with Crippen molar-refractivity contribution in [2.45, 2.75) is 82.2 Å². The summed E-state index contributed by atoms with van der Waals surface area (Å²) in [5, 5.41) is 8.00. The number of fused-ring (bicyclic) bond motifs is 1. The topological polar surface area (TPSA) is 51.0 Å². The van der Waals surface area contributed by atoms with Crippen LogP contribution in [-0.4, -0.2) is 16.2 Å². The molecule has 0 spiro atoms. The molecule has 2 aliphatic carbocycles. The average Bonchev–Trinajstić information content (AvgIpc) is 3.14. The Kier molecular flexibility index (Phi) is 3.51. The molecule has 1 aromatic heterocycles. The SMILES string of the molecule is C1CCC(c2noc(C3CC4CCCCC4N3)n2)CC1. The van der Waals surface area contributed by atoms with Crippen LogP contribution in [0.5, 0.6) is 0 Å². The molecule has 1 saturated heterocycles. The molecule has 4 rings (SSSR count). The summed E-state index contributed by atoms with van der Waals surface area (Å²) in [5.41, 5.74) is 0. The lowest BCUT2D eigenvalue weighted by atomic mass is 9.85. The lowest BCUT2D eigenvalue weighted by Gasteiger charge is -2.24. The molecule has 0 amide bonds. The minimum atomic E-state index is 0.313. The summed E-state index contributed by atoms with van der Waals surface area (Å²) in [6.07, 6.45) is 13.1. The third kappa shape index (κ3) is 2.39. The predicted molar refractivity (Wildman–Crippen MR) is 76.4 cm³/mol. The molecule has 3 unspecified atom stereocenters. The molecular weight excluding hydrogens is 250 g/mol. The minimum absolute atomic E-state index is 0.313. The fourth-order valence-corrected chi connectivity index (χ4v) is 4.43. The Hall–Kier alpha value is -0.900. The third-order valence-electron chi connectivity index (χ3n) is 5.59. The Labute approximate surface area is 120 Å². The quantitative estimate of drug-likeness (QED) is 0.894. The molecule has 4 heteroatoms. The standard InChI is InChI=1S/C16H25N3O/c1-2-6-11(7-3-1)15-18-16(20-19-15)14-10-12-8-4-5-9-13(12)17-14/h11-14,17H,1-10H2. The maximum Gasteiger partial charge on any atom is 0.243 e. The Morgan fingerprint density at radius 2 is 1.75 bits per heavy atom. The van der Waals surface area contributed by atoms with Crippen LogP contribution in [0.2, 0.25) is 0 Å². The average molecular weight is 275 g/mol. The van der Waals surface area contributed by atoms with Crippen molar-refractivity contribution < 1.29 is 4.52 Å². The number of hydrogen-bond donors (Lipinski definition) is 1. The van der Waals surface area contributed by atoms with E-state index >= 15 is 0 Å². The summed E-state index contributed by atoms with van der Waals surface area (Å²) < 4.78 is 5.58. The molecule has 0 aromatic carbocycles. The summed E-state index contributed by atoms with van der Waals surface area (Å²) in [6.45, 7) is 0. The highest BCUT2D eigenvalue weighted by Gasteiger charge is 2.38. The van der Waals surface area contributed by atoms with Crippen LogP contribution in [0, 0.1) is 5.92 Å². The first kappa shape index (κ1) is 12.8. The summed E-state index contributed by atoms with van der Waals surface area (Å²) >= 11 is 0. The van der Waals surface area contributed by atoms with Crippen molar-refractivity contribution >= 4 is 0 Å². The van der Waals surface area contributed by atoms with Gasteiger partial charge in [-0.1, -0.05) is 37.3 Å². The fraction of sp³-hybridized carbons (Fsp3) is 0.875. The van der Waals surface area contributed by atoms with E-state index in [1.165, 1.54) is 64.2 Å². The predicted octanol–water partition coefficient (Wildman–Crippen LogP) is 3.71. The first-order valence-corrected chi connectivity index (χ1v) is 8.50. The van der Waals surface area contributed by atoms with E-state index in [4.69, 9.17) is 9.51 Å². The second kappa shape index (κ2) is 5.47. The molecule has 3 aliphatic rings. The fourth-order valence-electron chi connectivity index (χ4n) is 4.43. The normalized spacial score (nSPS) is 35.1. The van der Waals surface area contributed by atoms with Crippen LogP contribution in [0.15, 0.2) is 4.52 Å². The summed E-state index contributed by atoms with van der Waals surface area (Å²) in [6, 6.07) is 1.01. The molecular formula is C16H25N3O. The van der Waals surface area contributed by atoms with Gasteiger partial charge in [0, 0.05) is 12.0 Å². The van der Waals surface area contributed by atoms with Gasteiger partial charge in [-0.15, -0.1) is 0 Å². The summed E-state index contributed by atoms with van der Waals surface area (Å²) in [5.74, 6) is 3.19. The van der Waals surface area contributed by atoms with Gasteiger partial charge < -0.3 is 9.84 Å². The Morgan fingerprint density at radius 1 is 0.950 bits per heavy atom. The lowest BCUT2D eigenvalue weighted by Crippen LogP contribution is -2.30.